The fourth-order valence-corrected chi connectivity index (χ4v) is 7.00. The Morgan fingerprint density at radius 2 is 1.61 bits per heavy atom. The number of halogens is 1. The third-order valence-corrected chi connectivity index (χ3v) is 11.7. The van der Waals surface area contributed by atoms with Gasteiger partial charge in [0.15, 0.2) is 0 Å². The normalized spacial score (nSPS) is 16.3. The van der Waals surface area contributed by atoms with Crippen molar-refractivity contribution in [1.29, 1.82) is 0 Å². The minimum absolute atomic E-state index is 0.406. The Morgan fingerprint density at radius 3 is 1.94 bits per heavy atom. The molecule has 0 aliphatic rings. The second-order valence-electron chi connectivity index (χ2n) is 7.86. The van der Waals surface area contributed by atoms with Crippen LogP contribution in [0.1, 0.15) is 60.8 Å². The van der Waals surface area contributed by atoms with E-state index in [1.807, 2.05) is 0 Å². The molecule has 0 radical (unpaired) electrons. The molecule has 0 rings (SSSR count). The predicted octanol–water partition coefficient (Wildman–Crippen LogP) is 6.99. The molecule has 0 saturated carbocycles. The second kappa shape index (κ2) is 6.74. The summed E-state index contributed by atoms with van der Waals surface area (Å²) < 4.78 is 0. The van der Waals surface area contributed by atoms with Crippen molar-refractivity contribution in [2.24, 2.45) is 5.41 Å². The van der Waals surface area contributed by atoms with E-state index in [0.29, 0.717) is 10.5 Å². The zero-order valence-corrected chi connectivity index (χ0v) is 16.3. The smallest absolute Gasteiger partial charge is 0.0604 e. The van der Waals surface area contributed by atoms with Crippen LogP contribution < -0.4 is 0 Å². The van der Waals surface area contributed by atoms with Crippen LogP contribution in [-0.2, 0) is 0 Å². The van der Waals surface area contributed by atoms with E-state index in [4.69, 9.17) is 0 Å². The van der Waals surface area contributed by atoms with E-state index >= 15 is 0 Å². The van der Waals surface area contributed by atoms with Gasteiger partial charge in [-0.05, 0) is 27.4 Å². The van der Waals surface area contributed by atoms with E-state index in [9.17, 15) is 0 Å². The Balaban J connectivity index is 5.31. The van der Waals surface area contributed by atoms with Gasteiger partial charge >= 0.3 is 0 Å². The van der Waals surface area contributed by atoms with Crippen molar-refractivity contribution in [2.45, 2.75) is 84.5 Å². The van der Waals surface area contributed by atoms with E-state index < -0.39 is 8.07 Å². The summed E-state index contributed by atoms with van der Waals surface area (Å²) in [4.78, 5) is 2.09. The van der Waals surface area contributed by atoms with Crippen molar-refractivity contribution >= 4 is 24.0 Å². The molecule has 0 saturated heterocycles. The number of unbranched alkanes of at least 4 members (excludes halogenated alkanes) is 1. The van der Waals surface area contributed by atoms with Crippen LogP contribution in [0.3, 0.4) is 0 Å². The molecule has 0 unspecified atom stereocenters. The van der Waals surface area contributed by atoms with E-state index in [1.165, 1.54) is 19.3 Å². The minimum atomic E-state index is -1.36. The first-order valence-corrected chi connectivity index (χ1v) is 11.3. The minimum Gasteiger partial charge on any atom is -0.0766 e. The zero-order valence-electron chi connectivity index (χ0n) is 13.7. The molecule has 0 bridgehead atoms. The van der Waals surface area contributed by atoms with Gasteiger partial charge in [0.25, 0.3) is 0 Å². The van der Waals surface area contributed by atoms with Crippen LogP contribution in [0.5, 0.6) is 0 Å². The first-order valence-electron chi connectivity index (χ1n) is 7.27. The molecule has 0 N–H and O–H groups in total. The highest BCUT2D eigenvalue weighted by atomic mass is 79.9. The van der Waals surface area contributed by atoms with Crippen molar-refractivity contribution in [3.05, 3.63) is 11.1 Å². The highest BCUT2D eigenvalue weighted by Gasteiger charge is 2.46. The summed E-state index contributed by atoms with van der Waals surface area (Å²) >= 11 is 3.51. The number of hydrogen-bond donors (Lipinski definition) is 0. The average molecular weight is 333 g/mol. The highest BCUT2D eigenvalue weighted by Crippen LogP contribution is 2.53. The average Bonchev–Trinajstić information content (AvgIpc) is 2.21. The van der Waals surface area contributed by atoms with Gasteiger partial charge in [-0.25, -0.2) is 0 Å². The standard InChI is InChI=1S/C16H33BrSi/c1-9-10-12-16(5,6)14(11-13-17)18(7,8)15(2,3)4/h11,13-14H,9-10,12H2,1-8H3/b13-11+/t14-/m1/s1. The van der Waals surface area contributed by atoms with Crippen molar-refractivity contribution in [3.8, 4) is 0 Å². The molecule has 0 aromatic rings. The van der Waals surface area contributed by atoms with Crippen LogP contribution in [0.2, 0.25) is 23.7 Å². The van der Waals surface area contributed by atoms with E-state index in [2.05, 4.69) is 81.6 Å². The molecule has 0 aliphatic heterocycles. The predicted molar refractivity (Wildman–Crippen MR) is 92.3 cm³/mol. The zero-order chi connectivity index (χ0) is 14.6. The highest BCUT2D eigenvalue weighted by molar-refractivity contribution is 9.11. The lowest BCUT2D eigenvalue weighted by Gasteiger charge is -2.49. The lowest BCUT2D eigenvalue weighted by Crippen LogP contribution is -2.46. The monoisotopic (exact) mass is 332 g/mol. The fourth-order valence-electron chi connectivity index (χ4n) is 2.81. The van der Waals surface area contributed by atoms with Crippen molar-refractivity contribution < 1.29 is 0 Å². The maximum Gasteiger partial charge on any atom is 0.0604 e. The van der Waals surface area contributed by atoms with Gasteiger partial charge in [-0.1, -0.05) is 89.5 Å². The number of hydrogen-bond acceptors (Lipinski definition) is 0. The SMILES string of the molecule is CCCCC(C)(C)[C@@H](/C=C/Br)[Si](C)(C)C(C)(C)C. The van der Waals surface area contributed by atoms with E-state index in [0.717, 1.165) is 5.54 Å². The molecule has 2 heteroatoms. The van der Waals surface area contributed by atoms with Crippen LogP contribution >= 0.6 is 15.9 Å². The molecular formula is C16H33BrSi. The van der Waals surface area contributed by atoms with Crippen LogP contribution in [-0.4, -0.2) is 8.07 Å². The fraction of sp³-hybridized carbons (Fsp3) is 0.875. The van der Waals surface area contributed by atoms with Crippen molar-refractivity contribution in [1.82, 2.24) is 0 Å². The Bertz CT molecular complexity index is 271. The van der Waals surface area contributed by atoms with Crippen molar-refractivity contribution in [2.75, 3.05) is 0 Å². The van der Waals surface area contributed by atoms with Crippen molar-refractivity contribution in [3.63, 3.8) is 0 Å². The van der Waals surface area contributed by atoms with Gasteiger partial charge < -0.3 is 0 Å². The summed E-state index contributed by atoms with van der Waals surface area (Å²) in [6.45, 7) is 19.6. The Hall–Kier alpha value is 0.437. The molecule has 0 aliphatic carbocycles. The van der Waals surface area contributed by atoms with Gasteiger partial charge in [-0.2, -0.15) is 0 Å². The first kappa shape index (κ1) is 18.4. The van der Waals surface area contributed by atoms with Crippen LogP contribution in [0, 0.1) is 5.41 Å². The first-order chi connectivity index (χ1) is 8.00. The number of rotatable bonds is 6. The van der Waals surface area contributed by atoms with Gasteiger partial charge in [0.2, 0.25) is 0 Å². The molecule has 0 heterocycles. The topological polar surface area (TPSA) is 0 Å². The third-order valence-electron chi connectivity index (χ3n) is 4.99. The molecule has 1 atom stereocenters. The Kier molecular flexibility index (Phi) is 6.90. The summed E-state index contributed by atoms with van der Waals surface area (Å²) in [5.41, 5.74) is 1.12. The quantitative estimate of drug-likeness (QED) is 0.459. The summed E-state index contributed by atoms with van der Waals surface area (Å²) in [5, 5.41) is 0.438. The van der Waals surface area contributed by atoms with Gasteiger partial charge in [0.1, 0.15) is 0 Å². The number of allylic oxidation sites excluding steroid dienone is 1. The van der Waals surface area contributed by atoms with Crippen LogP contribution in [0.4, 0.5) is 0 Å². The lowest BCUT2D eigenvalue weighted by atomic mass is 9.83. The van der Waals surface area contributed by atoms with Gasteiger partial charge in [-0.15, -0.1) is 0 Å². The van der Waals surface area contributed by atoms with Crippen LogP contribution in [0.15, 0.2) is 11.1 Å². The van der Waals surface area contributed by atoms with E-state index in [-0.39, 0.29) is 0 Å². The summed E-state index contributed by atoms with van der Waals surface area (Å²) in [6.07, 6.45) is 6.39. The van der Waals surface area contributed by atoms with Gasteiger partial charge in [0, 0.05) is 0 Å². The summed E-state index contributed by atoms with van der Waals surface area (Å²) in [6, 6.07) is 0. The maximum absolute atomic E-state index is 3.51. The van der Waals surface area contributed by atoms with E-state index in [1.54, 1.807) is 0 Å². The summed E-state index contributed by atoms with van der Waals surface area (Å²) in [5.74, 6) is 0. The largest absolute Gasteiger partial charge is 0.0766 e. The van der Waals surface area contributed by atoms with Crippen LogP contribution in [0.25, 0.3) is 0 Å². The Labute approximate surface area is 125 Å². The lowest BCUT2D eigenvalue weighted by molar-refractivity contribution is 0.317. The van der Waals surface area contributed by atoms with Gasteiger partial charge in [-0.3, -0.25) is 0 Å². The molecule has 0 fully saturated rings. The Morgan fingerprint density at radius 1 is 1.11 bits per heavy atom. The molecule has 18 heavy (non-hydrogen) atoms. The third kappa shape index (κ3) is 4.52. The molecular weight excluding hydrogens is 300 g/mol. The molecule has 0 amide bonds. The van der Waals surface area contributed by atoms with Gasteiger partial charge in [0.05, 0.1) is 8.07 Å². The second-order valence-corrected chi connectivity index (χ2v) is 14.0. The molecule has 0 aromatic heterocycles. The molecule has 108 valence electrons. The maximum atomic E-state index is 3.51. The molecule has 0 spiro atoms. The molecule has 0 nitrogen and oxygen atoms in total. The summed E-state index contributed by atoms with van der Waals surface area (Å²) in [7, 11) is -1.36. The molecule has 0 aromatic carbocycles.